The van der Waals surface area contributed by atoms with E-state index >= 15 is 0 Å². The normalized spacial score (nSPS) is 10.5. The van der Waals surface area contributed by atoms with Crippen LogP contribution in [-0.4, -0.2) is 33.7 Å². The van der Waals surface area contributed by atoms with Crippen LogP contribution >= 0.6 is 0 Å². The SMILES string of the molecule is CNC(=O)c1nc(-c2cccc(C(=O)N(Cc3ccccc3)Cc3ccccc3)c2)cnc1N. The highest BCUT2D eigenvalue weighted by molar-refractivity contribution is 5.97. The maximum atomic E-state index is 13.6. The van der Waals surface area contributed by atoms with Gasteiger partial charge in [0, 0.05) is 31.3 Å². The highest BCUT2D eigenvalue weighted by Crippen LogP contribution is 2.22. The van der Waals surface area contributed by atoms with Crippen LogP contribution in [0.25, 0.3) is 11.3 Å². The molecule has 0 aliphatic carbocycles. The number of hydrogen-bond acceptors (Lipinski definition) is 5. The molecule has 0 spiro atoms. The standard InChI is InChI=1S/C27H25N5O2/c1-29-26(33)24-25(28)30-16-23(31-24)21-13-8-14-22(15-21)27(34)32(17-19-9-4-2-5-10-19)18-20-11-6-3-7-12-20/h2-16H,17-18H2,1H3,(H2,28,30)(H,29,33). The van der Waals surface area contributed by atoms with Crippen molar-refractivity contribution in [2.45, 2.75) is 13.1 Å². The van der Waals surface area contributed by atoms with E-state index in [4.69, 9.17) is 5.73 Å². The fourth-order valence-electron chi connectivity index (χ4n) is 3.62. The first kappa shape index (κ1) is 22.7. The number of nitrogens with zero attached hydrogens (tertiary/aromatic N) is 3. The van der Waals surface area contributed by atoms with E-state index in [0.717, 1.165) is 11.1 Å². The van der Waals surface area contributed by atoms with Gasteiger partial charge >= 0.3 is 0 Å². The zero-order valence-electron chi connectivity index (χ0n) is 18.8. The van der Waals surface area contributed by atoms with Crippen LogP contribution < -0.4 is 11.1 Å². The molecule has 0 radical (unpaired) electrons. The summed E-state index contributed by atoms with van der Waals surface area (Å²) in [6.45, 7) is 0.947. The summed E-state index contributed by atoms with van der Waals surface area (Å²) in [5.74, 6) is -0.479. The summed E-state index contributed by atoms with van der Waals surface area (Å²) in [7, 11) is 1.50. The predicted octanol–water partition coefficient (Wildman–Crippen LogP) is 3.93. The van der Waals surface area contributed by atoms with Gasteiger partial charge in [0.05, 0.1) is 11.9 Å². The van der Waals surface area contributed by atoms with Gasteiger partial charge in [-0.1, -0.05) is 72.8 Å². The van der Waals surface area contributed by atoms with Gasteiger partial charge in [0.15, 0.2) is 11.5 Å². The first-order valence-corrected chi connectivity index (χ1v) is 10.9. The molecular formula is C27H25N5O2. The van der Waals surface area contributed by atoms with Gasteiger partial charge in [-0.3, -0.25) is 9.59 Å². The number of anilines is 1. The fourth-order valence-corrected chi connectivity index (χ4v) is 3.62. The first-order valence-electron chi connectivity index (χ1n) is 10.9. The molecule has 7 heteroatoms. The van der Waals surface area contributed by atoms with Gasteiger partial charge in [-0.05, 0) is 23.3 Å². The summed E-state index contributed by atoms with van der Waals surface area (Å²) in [6.07, 6.45) is 1.50. The summed E-state index contributed by atoms with van der Waals surface area (Å²) in [5, 5.41) is 2.51. The van der Waals surface area contributed by atoms with E-state index in [1.807, 2.05) is 71.6 Å². The van der Waals surface area contributed by atoms with Crippen molar-refractivity contribution in [1.29, 1.82) is 0 Å². The number of benzene rings is 3. The summed E-state index contributed by atoms with van der Waals surface area (Å²) in [4.78, 5) is 36.0. The third kappa shape index (κ3) is 5.27. The lowest BCUT2D eigenvalue weighted by atomic mass is 10.1. The number of amides is 2. The first-order chi connectivity index (χ1) is 16.5. The Bertz CT molecular complexity index is 1250. The Balaban J connectivity index is 1.66. The van der Waals surface area contributed by atoms with E-state index in [1.165, 1.54) is 13.2 Å². The van der Waals surface area contributed by atoms with Crippen molar-refractivity contribution in [1.82, 2.24) is 20.2 Å². The molecule has 4 aromatic rings. The van der Waals surface area contributed by atoms with Crippen molar-refractivity contribution in [2.24, 2.45) is 0 Å². The van der Waals surface area contributed by atoms with E-state index in [1.54, 1.807) is 18.2 Å². The Kier molecular flexibility index (Phi) is 6.93. The maximum absolute atomic E-state index is 13.6. The van der Waals surface area contributed by atoms with Gasteiger partial charge in [0.25, 0.3) is 11.8 Å². The molecule has 3 N–H and O–H groups in total. The van der Waals surface area contributed by atoms with Crippen molar-refractivity contribution >= 4 is 17.6 Å². The van der Waals surface area contributed by atoms with Gasteiger partial charge in [0.2, 0.25) is 0 Å². The number of carbonyl (C=O) groups excluding carboxylic acids is 2. The molecule has 0 aliphatic rings. The Morgan fingerprint density at radius 2 is 1.50 bits per heavy atom. The Labute approximate surface area is 198 Å². The molecule has 0 saturated carbocycles. The molecule has 0 saturated heterocycles. The largest absolute Gasteiger partial charge is 0.382 e. The molecule has 170 valence electrons. The minimum Gasteiger partial charge on any atom is -0.382 e. The van der Waals surface area contributed by atoms with Crippen LogP contribution in [0.2, 0.25) is 0 Å². The Morgan fingerprint density at radius 3 is 2.09 bits per heavy atom. The molecule has 0 unspecified atom stereocenters. The second-order valence-electron chi connectivity index (χ2n) is 7.78. The second kappa shape index (κ2) is 10.4. The number of hydrogen-bond donors (Lipinski definition) is 2. The number of aromatic nitrogens is 2. The smallest absolute Gasteiger partial charge is 0.273 e. The third-order valence-electron chi connectivity index (χ3n) is 5.37. The molecule has 1 aromatic heterocycles. The topological polar surface area (TPSA) is 101 Å². The van der Waals surface area contributed by atoms with Gasteiger partial charge in [-0.2, -0.15) is 0 Å². The van der Waals surface area contributed by atoms with E-state index in [-0.39, 0.29) is 17.4 Å². The highest BCUT2D eigenvalue weighted by Gasteiger charge is 2.19. The number of nitrogens with one attached hydrogen (secondary N) is 1. The Hall–Kier alpha value is -4.52. The Morgan fingerprint density at radius 1 is 0.882 bits per heavy atom. The van der Waals surface area contributed by atoms with Crippen LogP contribution in [0.1, 0.15) is 32.0 Å². The van der Waals surface area contributed by atoms with Gasteiger partial charge in [-0.25, -0.2) is 9.97 Å². The highest BCUT2D eigenvalue weighted by atomic mass is 16.2. The quantitative estimate of drug-likeness (QED) is 0.443. The number of rotatable bonds is 7. The minimum atomic E-state index is -0.420. The summed E-state index contributed by atoms with van der Waals surface area (Å²) < 4.78 is 0. The number of nitrogen functional groups attached to an aromatic ring is 1. The summed E-state index contributed by atoms with van der Waals surface area (Å²) in [5.41, 5.74) is 9.59. The predicted molar refractivity (Wildman–Crippen MR) is 132 cm³/mol. The number of nitrogens with two attached hydrogens (primary N) is 1. The molecule has 0 atom stereocenters. The molecule has 4 rings (SSSR count). The molecule has 1 heterocycles. The van der Waals surface area contributed by atoms with E-state index in [0.29, 0.717) is 29.9 Å². The molecule has 0 bridgehead atoms. The molecule has 2 amide bonds. The lowest BCUT2D eigenvalue weighted by Crippen LogP contribution is -2.30. The monoisotopic (exact) mass is 451 g/mol. The second-order valence-corrected chi connectivity index (χ2v) is 7.78. The van der Waals surface area contributed by atoms with Crippen LogP contribution in [0, 0.1) is 0 Å². The molecular weight excluding hydrogens is 426 g/mol. The maximum Gasteiger partial charge on any atom is 0.273 e. The zero-order chi connectivity index (χ0) is 23.9. The lowest BCUT2D eigenvalue weighted by Gasteiger charge is -2.23. The number of carbonyl (C=O) groups is 2. The van der Waals surface area contributed by atoms with Crippen molar-refractivity contribution in [2.75, 3.05) is 12.8 Å². The third-order valence-corrected chi connectivity index (χ3v) is 5.37. The van der Waals surface area contributed by atoms with Gasteiger partial charge in [0.1, 0.15) is 0 Å². The average molecular weight is 452 g/mol. The van der Waals surface area contributed by atoms with Crippen molar-refractivity contribution in [3.8, 4) is 11.3 Å². The average Bonchev–Trinajstić information content (AvgIpc) is 2.89. The van der Waals surface area contributed by atoms with E-state index in [2.05, 4.69) is 15.3 Å². The van der Waals surface area contributed by atoms with Crippen molar-refractivity contribution in [3.63, 3.8) is 0 Å². The minimum absolute atomic E-state index is 0.0477. The fraction of sp³-hybridized carbons (Fsp3) is 0.111. The van der Waals surface area contributed by atoms with Gasteiger partial charge in [-0.15, -0.1) is 0 Å². The van der Waals surface area contributed by atoms with Crippen LogP contribution in [0.4, 0.5) is 5.82 Å². The molecule has 34 heavy (non-hydrogen) atoms. The molecule has 0 fully saturated rings. The van der Waals surface area contributed by atoms with Crippen LogP contribution in [0.15, 0.2) is 91.1 Å². The van der Waals surface area contributed by atoms with Crippen molar-refractivity contribution in [3.05, 3.63) is 114 Å². The van der Waals surface area contributed by atoms with Crippen LogP contribution in [-0.2, 0) is 13.1 Å². The molecule has 3 aromatic carbocycles. The van der Waals surface area contributed by atoms with E-state index < -0.39 is 5.91 Å². The molecule has 7 nitrogen and oxygen atoms in total. The summed E-state index contributed by atoms with van der Waals surface area (Å²) >= 11 is 0. The zero-order valence-corrected chi connectivity index (χ0v) is 18.8. The van der Waals surface area contributed by atoms with Crippen LogP contribution in [0.3, 0.4) is 0 Å². The summed E-state index contributed by atoms with van der Waals surface area (Å²) in [6, 6.07) is 26.9. The lowest BCUT2D eigenvalue weighted by molar-refractivity contribution is 0.0730. The van der Waals surface area contributed by atoms with E-state index in [9.17, 15) is 9.59 Å². The van der Waals surface area contributed by atoms with Crippen LogP contribution in [0.5, 0.6) is 0 Å². The molecule has 0 aliphatic heterocycles. The van der Waals surface area contributed by atoms with Crippen molar-refractivity contribution < 1.29 is 9.59 Å². The van der Waals surface area contributed by atoms with Gasteiger partial charge < -0.3 is 16.0 Å².